The summed E-state index contributed by atoms with van der Waals surface area (Å²) in [6.45, 7) is 0.554. The minimum atomic E-state index is -0.425. The Kier molecular flexibility index (Phi) is 4.14. The Morgan fingerprint density at radius 1 is 1.26 bits per heavy atom. The molecule has 0 N–H and O–H groups in total. The van der Waals surface area contributed by atoms with E-state index in [2.05, 4.69) is 4.98 Å². The highest BCUT2D eigenvalue weighted by Gasteiger charge is 2.37. The molecular formula is C17H19N3O3. The average Bonchev–Trinajstić information content (AvgIpc) is 3.23. The zero-order chi connectivity index (χ0) is 16.4. The topological polar surface area (TPSA) is 66.7 Å². The van der Waals surface area contributed by atoms with Crippen molar-refractivity contribution in [2.45, 2.75) is 18.9 Å². The fraction of sp³-hybridized carbons (Fsp3) is 0.353. The molecule has 1 fully saturated rings. The summed E-state index contributed by atoms with van der Waals surface area (Å²) in [4.78, 5) is 32.4. The van der Waals surface area contributed by atoms with E-state index in [0.29, 0.717) is 18.7 Å². The van der Waals surface area contributed by atoms with Gasteiger partial charge in [-0.05, 0) is 12.8 Å². The van der Waals surface area contributed by atoms with Gasteiger partial charge in [-0.15, -0.1) is 0 Å². The molecule has 1 aromatic heterocycles. The highest BCUT2D eigenvalue weighted by Crippen LogP contribution is 2.27. The van der Waals surface area contributed by atoms with Gasteiger partial charge >= 0.3 is 0 Å². The first-order valence-electron chi connectivity index (χ1n) is 7.60. The van der Waals surface area contributed by atoms with Gasteiger partial charge in [0.05, 0.1) is 0 Å². The first-order chi connectivity index (χ1) is 11.1. The minimum absolute atomic E-state index is 0.0587. The molecule has 6 heteroatoms. The molecule has 23 heavy (non-hydrogen) atoms. The number of oxazole rings is 1. The molecule has 1 saturated heterocycles. The smallest absolute Gasteiger partial charge is 0.292 e. The van der Waals surface area contributed by atoms with Crippen LogP contribution in [0.1, 0.15) is 23.4 Å². The molecule has 2 aromatic rings. The molecule has 6 nitrogen and oxygen atoms in total. The highest BCUT2D eigenvalue weighted by atomic mass is 16.3. The van der Waals surface area contributed by atoms with Crippen LogP contribution in [0, 0.1) is 0 Å². The lowest BCUT2D eigenvalue weighted by molar-refractivity contribution is -0.132. The van der Waals surface area contributed by atoms with Crippen LogP contribution in [-0.4, -0.2) is 53.3 Å². The van der Waals surface area contributed by atoms with Gasteiger partial charge in [0.1, 0.15) is 11.7 Å². The molecular weight excluding hydrogens is 294 g/mol. The summed E-state index contributed by atoms with van der Waals surface area (Å²) < 4.78 is 5.35. The number of hydrogen-bond donors (Lipinski definition) is 0. The summed E-state index contributed by atoms with van der Waals surface area (Å²) in [6.07, 6.45) is 2.76. The van der Waals surface area contributed by atoms with Crippen LogP contribution in [-0.2, 0) is 4.79 Å². The molecule has 0 spiro atoms. The van der Waals surface area contributed by atoms with Crippen LogP contribution in [0.5, 0.6) is 0 Å². The number of carbonyl (C=O) groups excluding carboxylic acids is 2. The number of rotatable bonds is 3. The van der Waals surface area contributed by atoms with Crippen LogP contribution >= 0.6 is 0 Å². The number of likely N-dealkylation sites (N-methyl/N-ethyl adjacent to an activating group) is 1. The summed E-state index contributed by atoms with van der Waals surface area (Å²) in [6, 6.07) is 8.99. The third-order valence-corrected chi connectivity index (χ3v) is 4.05. The van der Waals surface area contributed by atoms with Gasteiger partial charge < -0.3 is 14.2 Å². The number of benzene rings is 1. The van der Waals surface area contributed by atoms with Gasteiger partial charge in [0, 0.05) is 26.2 Å². The normalized spacial score (nSPS) is 17.3. The zero-order valence-electron chi connectivity index (χ0n) is 13.2. The van der Waals surface area contributed by atoms with E-state index in [4.69, 9.17) is 4.42 Å². The maximum atomic E-state index is 12.9. The van der Waals surface area contributed by atoms with E-state index in [1.807, 2.05) is 30.3 Å². The first-order valence-corrected chi connectivity index (χ1v) is 7.60. The molecule has 1 aromatic carbocycles. The predicted molar refractivity (Wildman–Crippen MR) is 84.7 cm³/mol. The van der Waals surface area contributed by atoms with Gasteiger partial charge in [0.2, 0.25) is 11.7 Å². The quantitative estimate of drug-likeness (QED) is 0.869. The van der Waals surface area contributed by atoms with Crippen molar-refractivity contribution in [3.63, 3.8) is 0 Å². The monoisotopic (exact) mass is 313 g/mol. The third-order valence-electron chi connectivity index (χ3n) is 4.05. The SMILES string of the molecule is CN(C)C(=O)C1CCCN1C(=O)c1ocnc1-c1ccccc1. The van der Waals surface area contributed by atoms with Crippen LogP contribution in [0.4, 0.5) is 0 Å². The molecule has 3 rings (SSSR count). The zero-order valence-corrected chi connectivity index (χ0v) is 13.2. The first kappa shape index (κ1) is 15.3. The molecule has 120 valence electrons. The molecule has 0 aliphatic carbocycles. The maximum Gasteiger partial charge on any atom is 0.292 e. The summed E-state index contributed by atoms with van der Waals surface area (Å²) >= 11 is 0. The average molecular weight is 313 g/mol. The van der Waals surface area contributed by atoms with Crippen molar-refractivity contribution in [1.82, 2.24) is 14.8 Å². The number of aromatic nitrogens is 1. The Balaban J connectivity index is 1.90. The van der Waals surface area contributed by atoms with Crippen molar-refractivity contribution < 1.29 is 14.0 Å². The second kappa shape index (κ2) is 6.24. The fourth-order valence-corrected chi connectivity index (χ4v) is 2.89. The second-order valence-electron chi connectivity index (χ2n) is 5.79. The Morgan fingerprint density at radius 2 is 2.00 bits per heavy atom. The lowest BCUT2D eigenvalue weighted by atomic mass is 10.1. The van der Waals surface area contributed by atoms with Gasteiger partial charge in [-0.1, -0.05) is 30.3 Å². The molecule has 0 saturated carbocycles. The van der Waals surface area contributed by atoms with Crippen molar-refractivity contribution in [2.75, 3.05) is 20.6 Å². The highest BCUT2D eigenvalue weighted by molar-refractivity contribution is 6.00. The summed E-state index contributed by atoms with van der Waals surface area (Å²) in [5, 5.41) is 0. The van der Waals surface area contributed by atoms with Crippen LogP contribution in [0.15, 0.2) is 41.1 Å². The van der Waals surface area contributed by atoms with Gasteiger partial charge in [0.25, 0.3) is 5.91 Å². The lowest BCUT2D eigenvalue weighted by Gasteiger charge is -2.25. The van der Waals surface area contributed by atoms with E-state index in [1.54, 1.807) is 19.0 Å². The molecule has 2 heterocycles. The third kappa shape index (κ3) is 2.84. The largest absolute Gasteiger partial charge is 0.438 e. The van der Waals surface area contributed by atoms with Crippen LogP contribution in [0.2, 0.25) is 0 Å². The standard InChI is InChI=1S/C17H19N3O3/c1-19(2)16(21)13-9-6-10-20(13)17(22)15-14(18-11-23-15)12-7-4-3-5-8-12/h3-5,7-8,11,13H,6,9-10H2,1-2H3. The van der Waals surface area contributed by atoms with Crippen LogP contribution in [0.25, 0.3) is 11.3 Å². The Bertz CT molecular complexity index is 709. The van der Waals surface area contributed by atoms with E-state index < -0.39 is 6.04 Å². The second-order valence-corrected chi connectivity index (χ2v) is 5.79. The van der Waals surface area contributed by atoms with E-state index in [9.17, 15) is 9.59 Å². The van der Waals surface area contributed by atoms with Crippen LogP contribution in [0.3, 0.4) is 0 Å². The van der Waals surface area contributed by atoms with E-state index >= 15 is 0 Å². The van der Waals surface area contributed by atoms with Crippen molar-refractivity contribution >= 4 is 11.8 Å². The van der Waals surface area contributed by atoms with Crippen molar-refractivity contribution in [3.05, 3.63) is 42.5 Å². The number of carbonyl (C=O) groups is 2. The van der Waals surface area contributed by atoms with Gasteiger partial charge in [-0.3, -0.25) is 9.59 Å². The Labute approximate surface area is 134 Å². The number of nitrogens with zero attached hydrogens (tertiary/aromatic N) is 3. The Hall–Kier alpha value is -2.63. The van der Waals surface area contributed by atoms with E-state index in [-0.39, 0.29) is 17.6 Å². The lowest BCUT2D eigenvalue weighted by Crippen LogP contribution is -2.45. The maximum absolute atomic E-state index is 12.9. The van der Waals surface area contributed by atoms with Gasteiger partial charge in [0.15, 0.2) is 6.39 Å². The van der Waals surface area contributed by atoms with Crippen molar-refractivity contribution in [1.29, 1.82) is 0 Å². The molecule has 1 unspecified atom stereocenters. The van der Waals surface area contributed by atoms with E-state index in [1.165, 1.54) is 11.3 Å². The van der Waals surface area contributed by atoms with Gasteiger partial charge in [-0.25, -0.2) is 4.98 Å². The van der Waals surface area contributed by atoms with Gasteiger partial charge in [-0.2, -0.15) is 0 Å². The van der Waals surface area contributed by atoms with Crippen LogP contribution < -0.4 is 0 Å². The van der Waals surface area contributed by atoms with E-state index in [0.717, 1.165) is 12.0 Å². The van der Waals surface area contributed by atoms with Crippen molar-refractivity contribution in [2.24, 2.45) is 0 Å². The summed E-state index contributed by atoms with van der Waals surface area (Å²) in [5.41, 5.74) is 1.33. The number of hydrogen-bond acceptors (Lipinski definition) is 4. The fourth-order valence-electron chi connectivity index (χ4n) is 2.89. The number of likely N-dealkylation sites (tertiary alicyclic amines) is 1. The van der Waals surface area contributed by atoms with Crippen molar-refractivity contribution in [3.8, 4) is 11.3 Å². The molecule has 0 bridgehead atoms. The predicted octanol–water partition coefficient (Wildman–Crippen LogP) is 2.03. The Morgan fingerprint density at radius 3 is 2.70 bits per heavy atom. The molecule has 1 aliphatic rings. The molecule has 2 amide bonds. The molecule has 0 radical (unpaired) electrons. The number of amides is 2. The minimum Gasteiger partial charge on any atom is -0.438 e. The summed E-state index contributed by atoms with van der Waals surface area (Å²) in [7, 11) is 3.40. The summed E-state index contributed by atoms with van der Waals surface area (Å²) in [5.74, 6) is -0.148. The molecule has 1 aliphatic heterocycles. The molecule has 1 atom stereocenters.